The average Bonchev–Trinajstić information content (AvgIpc) is 2.76. The van der Waals surface area contributed by atoms with Crippen molar-refractivity contribution in [3.8, 4) is 0 Å². The SMILES string of the molecule is CO[C@@H]1O[C@]2(CC([Si](C)(C)C)C2=O)[C@@H]2OC(C)(C)OC12. The zero-order valence-electron chi connectivity index (χ0n) is 13.1. The van der Waals surface area contributed by atoms with Crippen LogP contribution in [0.1, 0.15) is 20.3 Å². The second-order valence-corrected chi connectivity index (χ2v) is 13.0. The molecular formula is C14H24O5Si. The first-order valence-corrected chi connectivity index (χ1v) is 10.8. The van der Waals surface area contributed by atoms with Gasteiger partial charge in [0.1, 0.15) is 12.2 Å². The number of fused-ring (bicyclic) bond motifs is 2. The highest BCUT2D eigenvalue weighted by atomic mass is 28.3. The summed E-state index contributed by atoms with van der Waals surface area (Å²) in [5.74, 6) is -0.500. The van der Waals surface area contributed by atoms with Gasteiger partial charge in [-0.3, -0.25) is 4.79 Å². The van der Waals surface area contributed by atoms with Crippen molar-refractivity contribution in [2.45, 2.75) is 75.3 Å². The molecule has 0 radical (unpaired) electrons. The molecular weight excluding hydrogens is 276 g/mol. The normalized spacial score (nSPS) is 46.6. The molecule has 3 rings (SSSR count). The van der Waals surface area contributed by atoms with E-state index in [1.54, 1.807) is 7.11 Å². The smallest absolute Gasteiger partial charge is 0.187 e. The molecule has 0 amide bonds. The van der Waals surface area contributed by atoms with Crippen molar-refractivity contribution in [3.05, 3.63) is 0 Å². The van der Waals surface area contributed by atoms with Crippen LogP contribution in [0.2, 0.25) is 25.2 Å². The fraction of sp³-hybridized carbons (Fsp3) is 0.929. The molecule has 2 heterocycles. The van der Waals surface area contributed by atoms with Crippen LogP contribution in [-0.2, 0) is 23.7 Å². The van der Waals surface area contributed by atoms with Gasteiger partial charge in [-0.2, -0.15) is 0 Å². The van der Waals surface area contributed by atoms with Crippen LogP contribution in [-0.4, -0.2) is 50.9 Å². The van der Waals surface area contributed by atoms with Crippen LogP contribution < -0.4 is 0 Å². The average molecular weight is 300 g/mol. The minimum atomic E-state index is -1.51. The van der Waals surface area contributed by atoms with Gasteiger partial charge >= 0.3 is 0 Å². The Kier molecular flexibility index (Phi) is 3.03. The van der Waals surface area contributed by atoms with E-state index in [2.05, 4.69) is 19.6 Å². The van der Waals surface area contributed by atoms with Crippen LogP contribution in [0.15, 0.2) is 0 Å². The summed E-state index contributed by atoms with van der Waals surface area (Å²) in [6.07, 6.45) is -0.445. The molecule has 5 nitrogen and oxygen atoms in total. The van der Waals surface area contributed by atoms with E-state index in [9.17, 15) is 4.79 Å². The van der Waals surface area contributed by atoms with Gasteiger partial charge in [0.2, 0.25) is 0 Å². The number of ether oxygens (including phenoxy) is 4. The van der Waals surface area contributed by atoms with Crippen molar-refractivity contribution in [1.29, 1.82) is 0 Å². The molecule has 3 aliphatic rings. The number of ketones is 1. The fourth-order valence-corrected chi connectivity index (χ4v) is 5.54. The predicted molar refractivity (Wildman–Crippen MR) is 75.2 cm³/mol. The van der Waals surface area contributed by atoms with Crippen LogP contribution in [0.3, 0.4) is 0 Å². The van der Waals surface area contributed by atoms with Crippen LogP contribution in [0, 0.1) is 0 Å². The third-order valence-electron chi connectivity index (χ3n) is 4.70. The van der Waals surface area contributed by atoms with Crippen molar-refractivity contribution in [3.63, 3.8) is 0 Å². The van der Waals surface area contributed by atoms with E-state index in [-0.39, 0.29) is 23.5 Å². The van der Waals surface area contributed by atoms with Crippen molar-refractivity contribution in [2.75, 3.05) is 7.11 Å². The molecule has 1 aliphatic carbocycles. The van der Waals surface area contributed by atoms with Crippen molar-refractivity contribution in [2.24, 2.45) is 0 Å². The lowest BCUT2D eigenvalue weighted by Crippen LogP contribution is -2.64. The summed E-state index contributed by atoms with van der Waals surface area (Å²) in [4.78, 5) is 12.8. The number of Topliss-reactive ketones (excluding diaryl/α,β-unsaturated/α-hetero) is 1. The Morgan fingerprint density at radius 1 is 1.20 bits per heavy atom. The number of hydrogen-bond acceptors (Lipinski definition) is 5. The Balaban J connectivity index is 1.87. The molecule has 1 saturated carbocycles. The largest absolute Gasteiger partial charge is 0.353 e. The van der Waals surface area contributed by atoms with Gasteiger partial charge in [0, 0.05) is 12.7 Å². The lowest BCUT2D eigenvalue weighted by atomic mass is 9.73. The van der Waals surface area contributed by atoms with Crippen LogP contribution in [0.4, 0.5) is 0 Å². The van der Waals surface area contributed by atoms with Gasteiger partial charge in [0.05, 0.1) is 8.07 Å². The third-order valence-corrected chi connectivity index (χ3v) is 7.26. The van der Waals surface area contributed by atoms with Gasteiger partial charge in [-0.25, -0.2) is 0 Å². The Morgan fingerprint density at radius 3 is 2.35 bits per heavy atom. The molecule has 5 atom stereocenters. The van der Waals surface area contributed by atoms with Crippen LogP contribution in [0.25, 0.3) is 0 Å². The first-order chi connectivity index (χ1) is 9.11. The molecule has 2 aliphatic heterocycles. The topological polar surface area (TPSA) is 54.0 Å². The van der Waals surface area contributed by atoms with Crippen molar-refractivity contribution in [1.82, 2.24) is 0 Å². The first kappa shape index (κ1) is 14.7. The van der Waals surface area contributed by atoms with E-state index in [1.165, 1.54) is 0 Å². The molecule has 2 unspecified atom stereocenters. The molecule has 1 spiro atoms. The first-order valence-electron chi connectivity index (χ1n) is 7.21. The van der Waals surface area contributed by atoms with Crippen LogP contribution in [0.5, 0.6) is 0 Å². The maximum absolute atomic E-state index is 12.8. The Hall–Kier alpha value is -0.273. The lowest BCUT2D eigenvalue weighted by molar-refractivity contribution is -0.254. The standard InChI is InChI=1S/C14H24O5Si/c1-13(2)17-9-11(18-13)14(19-12(9)16-3)7-8(10(14)15)20(4,5)6/h8-9,11-12H,7H2,1-6H3/t8?,9?,11-,12-,14+/m1/s1. The van der Waals surface area contributed by atoms with E-state index in [0.717, 1.165) is 6.42 Å². The van der Waals surface area contributed by atoms with Gasteiger partial charge in [-0.1, -0.05) is 19.6 Å². The van der Waals surface area contributed by atoms with Gasteiger partial charge in [0.25, 0.3) is 0 Å². The molecule has 2 saturated heterocycles. The van der Waals surface area contributed by atoms with Gasteiger partial charge in [-0.15, -0.1) is 0 Å². The Morgan fingerprint density at radius 2 is 1.85 bits per heavy atom. The molecule has 0 aromatic rings. The summed E-state index contributed by atoms with van der Waals surface area (Å²) in [6, 6.07) is 0. The van der Waals surface area contributed by atoms with Gasteiger partial charge in [0.15, 0.2) is 23.5 Å². The molecule has 0 bridgehead atoms. The quantitative estimate of drug-likeness (QED) is 0.729. The van der Waals surface area contributed by atoms with Crippen molar-refractivity contribution >= 4 is 13.9 Å². The monoisotopic (exact) mass is 300 g/mol. The summed E-state index contributed by atoms with van der Waals surface area (Å²) >= 11 is 0. The van der Waals surface area contributed by atoms with Crippen molar-refractivity contribution < 1.29 is 23.7 Å². The summed E-state index contributed by atoms with van der Waals surface area (Å²) < 4.78 is 23.1. The minimum Gasteiger partial charge on any atom is -0.353 e. The number of hydrogen-bond donors (Lipinski definition) is 0. The van der Waals surface area contributed by atoms with E-state index in [0.29, 0.717) is 0 Å². The van der Waals surface area contributed by atoms with E-state index >= 15 is 0 Å². The van der Waals surface area contributed by atoms with E-state index < -0.39 is 25.8 Å². The summed E-state index contributed by atoms with van der Waals surface area (Å²) in [5, 5.41) is 0. The zero-order chi connectivity index (χ0) is 14.9. The number of rotatable bonds is 2. The predicted octanol–water partition coefficient (Wildman–Crippen LogP) is 1.93. The van der Waals surface area contributed by atoms with Gasteiger partial charge < -0.3 is 18.9 Å². The fourth-order valence-electron chi connectivity index (χ4n) is 3.59. The molecule has 0 aromatic heterocycles. The Bertz CT molecular complexity index is 443. The molecule has 6 heteroatoms. The maximum Gasteiger partial charge on any atom is 0.187 e. The second kappa shape index (κ2) is 4.13. The third kappa shape index (κ3) is 1.85. The summed E-state index contributed by atoms with van der Waals surface area (Å²) in [5.41, 5.74) is -0.699. The zero-order valence-corrected chi connectivity index (χ0v) is 14.1. The summed E-state index contributed by atoms with van der Waals surface area (Å²) in [7, 11) is 0.0689. The molecule has 3 fully saturated rings. The second-order valence-electron chi connectivity index (χ2n) is 7.62. The molecule has 20 heavy (non-hydrogen) atoms. The van der Waals surface area contributed by atoms with E-state index in [1.807, 2.05) is 13.8 Å². The molecule has 0 N–H and O–H groups in total. The number of carbonyl (C=O) groups is 1. The molecule has 0 aromatic carbocycles. The Labute approximate surface area is 120 Å². The highest BCUT2D eigenvalue weighted by Gasteiger charge is 2.73. The highest BCUT2D eigenvalue weighted by molar-refractivity contribution is 6.81. The van der Waals surface area contributed by atoms with E-state index in [4.69, 9.17) is 18.9 Å². The van der Waals surface area contributed by atoms with Crippen LogP contribution >= 0.6 is 0 Å². The minimum absolute atomic E-state index is 0.145. The van der Waals surface area contributed by atoms with Gasteiger partial charge in [-0.05, 0) is 20.3 Å². The number of methoxy groups -OCH3 is 1. The number of carbonyl (C=O) groups excluding carboxylic acids is 1. The highest BCUT2D eigenvalue weighted by Crippen LogP contribution is 2.57. The lowest BCUT2D eigenvalue weighted by Gasteiger charge is -2.49. The molecule has 114 valence electrons. The maximum atomic E-state index is 12.8. The summed E-state index contributed by atoms with van der Waals surface area (Å²) in [6.45, 7) is 10.4.